The lowest BCUT2D eigenvalue weighted by Crippen LogP contribution is -2.45. The minimum atomic E-state index is -5.20. The molecule has 28 heteroatoms. The van der Waals surface area contributed by atoms with Crippen molar-refractivity contribution in [2.24, 2.45) is 0 Å². The normalized spacial score (nSPS) is 14.7. The molecule has 4 N–H and O–H groups in total. The summed E-state index contributed by atoms with van der Waals surface area (Å²) in [5.74, 6) is -3.91. The first-order valence-electron chi connectivity index (χ1n) is 21.9. The predicted octanol–water partition coefficient (Wildman–Crippen LogP) is 8.76. The van der Waals surface area contributed by atoms with E-state index < -0.39 is 159 Å². The fourth-order valence-corrected chi connectivity index (χ4v) is 8.68. The maximum atomic E-state index is 15.1. The maximum absolute atomic E-state index is 15.1. The topological polar surface area (TPSA) is 202 Å². The van der Waals surface area contributed by atoms with Crippen LogP contribution >= 0.6 is 11.6 Å². The highest BCUT2D eigenvalue weighted by Crippen LogP contribution is 2.47. The van der Waals surface area contributed by atoms with Crippen LogP contribution in [0.15, 0.2) is 42.5 Å². The van der Waals surface area contributed by atoms with Crippen LogP contribution in [-0.4, -0.2) is 97.7 Å². The van der Waals surface area contributed by atoms with Crippen LogP contribution in [0.4, 0.5) is 54.5 Å². The van der Waals surface area contributed by atoms with Gasteiger partial charge in [0.15, 0.2) is 11.5 Å². The number of aromatic nitrogens is 5. The number of carbonyl (C=O) groups is 3. The Bertz CT molecular complexity index is 3010. The van der Waals surface area contributed by atoms with Gasteiger partial charge in [0, 0.05) is 65.6 Å². The van der Waals surface area contributed by atoms with Gasteiger partial charge in [-0.1, -0.05) is 37.4 Å². The molecule has 3 amide bonds. The number of rotatable bonds is 14. The molecule has 0 radical (unpaired) electrons. The number of nitrogens with zero attached hydrogens (tertiary/aromatic N) is 6. The number of anilines is 1. The molecule has 4 atom stereocenters. The van der Waals surface area contributed by atoms with Crippen LogP contribution in [-0.2, 0) is 69.4 Å². The van der Waals surface area contributed by atoms with E-state index >= 15 is 8.78 Å². The first kappa shape index (κ1) is 60.4. The van der Waals surface area contributed by atoms with E-state index in [0.29, 0.717) is 15.1 Å². The predicted molar refractivity (Wildman–Crippen MR) is 256 cm³/mol. The highest BCUT2D eigenvalue weighted by molar-refractivity contribution is 7.86. The van der Waals surface area contributed by atoms with Crippen LogP contribution < -0.4 is 14.9 Å². The molecule has 4 unspecified atom stereocenters. The van der Waals surface area contributed by atoms with Crippen LogP contribution in [0.3, 0.4) is 0 Å². The van der Waals surface area contributed by atoms with Crippen molar-refractivity contribution in [1.29, 1.82) is 0 Å². The second-order valence-electron chi connectivity index (χ2n) is 16.6. The number of halogens is 11. The number of carbonyl (C=O) groups excluding carboxylic acids is 2. The Labute approximate surface area is 427 Å². The zero-order valence-electron chi connectivity index (χ0n) is 40.5. The van der Waals surface area contributed by atoms with Crippen molar-refractivity contribution in [3.63, 3.8) is 0 Å². The van der Waals surface area contributed by atoms with E-state index in [0.717, 1.165) is 31.6 Å². The highest BCUT2D eigenvalue weighted by Gasteiger charge is 2.50. The summed E-state index contributed by atoms with van der Waals surface area (Å²) in [5, 5.41) is 27.5. The number of hydrogen-bond donors (Lipinski definition) is 4. The largest absolute Gasteiger partial charge is 0.481 e. The van der Waals surface area contributed by atoms with E-state index in [2.05, 4.69) is 37.7 Å². The van der Waals surface area contributed by atoms with Crippen molar-refractivity contribution in [2.75, 3.05) is 23.9 Å². The number of amides is 3. The molecule has 15 nitrogen and oxygen atoms in total. The summed E-state index contributed by atoms with van der Waals surface area (Å²) < 4.78 is 171. The lowest BCUT2D eigenvalue weighted by molar-refractivity contribution is -0.143. The number of fused-ring (bicyclic) bond motifs is 2. The number of pyridine rings is 1. The maximum Gasteiger partial charge on any atom is 0.435 e. The standard InChI is InChI=1S/C43H39ClF10N8O6S2.C2H6.CH4O/c1-21(14-32(64)65)55-39(66)62(70(5)68)38-33-29(44)9-8-27(35(33)61(59-38)20-42(49,50)51)26-7-6-25(10-12-40(2,3)69(4)67)56-34(26)30(17-22-15-23(45)18-24(46)16-22)57-31(63)19-60-37-28(11-13-41(37,47)48)36(58-60)43(52,53)54;2*1-2/h6-9,15-16,18,21,30H,11,13-14,17,19-20H2,1-5H3,(H,55,66)(H,57,63)(H,64,65);1-2H3;2H,1H3. The first-order valence-corrected chi connectivity index (χ1v) is 25.4. The summed E-state index contributed by atoms with van der Waals surface area (Å²) in [5.41, 5.74) is -5.36. The number of aliphatic hydroxyl groups is 1. The smallest absolute Gasteiger partial charge is 0.435 e. The molecule has 404 valence electrons. The second-order valence-corrected chi connectivity index (χ2v) is 20.1. The Morgan fingerprint density at radius 3 is 2.09 bits per heavy atom. The first-order chi connectivity index (χ1) is 34.4. The molecular formula is C46H49ClF10N8O7S2. The number of carboxylic acids is 1. The number of aliphatic carboxylic acids is 1. The summed E-state index contributed by atoms with van der Waals surface area (Å²) in [4.78, 5) is 43.6. The van der Waals surface area contributed by atoms with Gasteiger partial charge in [-0.3, -0.25) is 23.2 Å². The minimum Gasteiger partial charge on any atom is -0.481 e. The molecule has 2 aromatic carbocycles. The van der Waals surface area contributed by atoms with Crippen LogP contribution in [0.2, 0.25) is 5.02 Å². The van der Waals surface area contributed by atoms with Gasteiger partial charge in [0.1, 0.15) is 51.8 Å². The summed E-state index contributed by atoms with van der Waals surface area (Å²) in [6.45, 7) is 5.16. The SMILES string of the molecule is CC.CC(CC(=O)O)NC(=O)N(c1nn(CC(F)(F)F)c2c(-c3ccc(C#CC(C)(C)S(C)=O)nc3C(Cc3cc(F)cc(F)c3)NC(=O)Cn3nc(C(F)(F)F)c4c3C(F)(F)CC4)ccc(Cl)c12)S(C)=O.CO. The Morgan fingerprint density at radius 1 is 0.932 bits per heavy atom. The van der Waals surface area contributed by atoms with Crippen LogP contribution in [0, 0.1) is 23.5 Å². The van der Waals surface area contributed by atoms with Gasteiger partial charge in [0.25, 0.3) is 5.92 Å². The van der Waals surface area contributed by atoms with Crippen molar-refractivity contribution in [1.82, 2.24) is 35.2 Å². The molecule has 3 aromatic heterocycles. The van der Waals surface area contributed by atoms with Gasteiger partial charge in [-0.15, -0.1) is 0 Å². The number of hydrogen-bond acceptors (Lipinski definition) is 9. The number of urea groups is 1. The molecule has 0 fully saturated rings. The third kappa shape index (κ3) is 14.4. The Morgan fingerprint density at radius 2 is 1.54 bits per heavy atom. The fourth-order valence-electron chi connectivity index (χ4n) is 7.59. The van der Waals surface area contributed by atoms with Gasteiger partial charge in [-0.05, 0) is 75.4 Å². The molecule has 1 aliphatic carbocycles. The van der Waals surface area contributed by atoms with Crippen LogP contribution in [0.25, 0.3) is 22.0 Å². The van der Waals surface area contributed by atoms with E-state index in [4.69, 9.17) is 16.7 Å². The summed E-state index contributed by atoms with van der Waals surface area (Å²) in [6.07, 6.45) is -11.0. The number of carboxylic acid groups (broad SMARTS) is 1. The quantitative estimate of drug-likeness (QED) is 0.0615. The minimum absolute atomic E-state index is 0.157. The third-order valence-corrected chi connectivity index (χ3v) is 13.4. The Balaban J connectivity index is 0.00000289. The second kappa shape index (κ2) is 24.0. The molecule has 3 heterocycles. The number of nitrogens with one attached hydrogen (secondary N) is 2. The zero-order valence-corrected chi connectivity index (χ0v) is 42.9. The molecule has 6 rings (SSSR count). The molecule has 0 aliphatic heterocycles. The lowest BCUT2D eigenvalue weighted by Gasteiger charge is -2.23. The average molecular weight is 1120 g/mol. The molecular weight excluding hydrogens is 1070 g/mol. The van der Waals surface area contributed by atoms with E-state index in [1.54, 1.807) is 0 Å². The van der Waals surface area contributed by atoms with Gasteiger partial charge in [0.05, 0.1) is 34.1 Å². The monoisotopic (exact) mass is 1110 g/mol. The molecule has 0 bridgehead atoms. The van der Waals surface area contributed by atoms with E-state index in [1.807, 2.05) is 13.8 Å². The van der Waals surface area contributed by atoms with Crippen molar-refractivity contribution in [3.8, 4) is 23.0 Å². The van der Waals surface area contributed by atoms with Crippen molar-refractivity contribution >= 4 is 68.0 Å². The van der Waals surface area contributed by atoms with E-state index in [-0.39, 0.29) is 37.8 Å². The van der Waals surface area contributed by atoms with Gasteiger partial charge in [-0.2, -0.15) is 49.6 Å². The lowest BCUT2D eigenvalue weighted by atomic mass is 9.93. The third-order valence-electron chi connectivity index (χ3n) is 10.7. The average Bonchev–Trinajstić information content (AvgIpc) is 3.94. The molecule has 0 spiro atoms. The summed E-state index contributed by atoms with van der Waals surface area (Å²) >= 11 is 6.66. The number of benzene rings is 2. The van der Waals surface area contributed by atoms with Gasteiger partial charge < -0.3 is 20.8 Å². The fraction of sp³-hybridized carbons (Fsp3) is 0.435. The summed E-state index contributed by atoms with van der Waals surface area (Å²) in [6, 6.07) is 2.93. The number of aliphatic hydroxyl groups excluding tert-OH is 1. The molecule has 1 aliphatic rings. The van der Waals surface area contributed by atoms with Gasteiger partial charge >= 0.3 is 24.4 Å². The van der Waals surface area contributed by atoms with Crippen molar-refractivity contribution < 1.29 is 76.9 Å². The Hall–Kier alpha value is -6.11. The Kier molecular flexibility index (Phi) is 19.6. The van der Waals surface area contributed by atoms with Gasteiger partial charge in [-0.25, -0.2) is 22.8 Å². The molecule has 5 aromatic rings. The molecule has 74 heavy (non-hydrogen) atoms. The highest BCUT2D eigenvalue weighted by atomic mass is 35.5. The van der Waals surface area contributed by atoms with Crippen LogP contribution in [0.5, 0.6) is 0 Å². The molecule has 0 saturated carbocycles. The van der Waals surface area contributed by atoms with Crippen molar-refractivity contribution in [3.05, 3.63) is 93.0 Å². The van der Waals surface area contributed by atoms with Gasteiger partial charge in [0.2, 0.25) is 5.91 Å². The number of alkyl halides is 8. The molecule has 0 saturated heterocycles. The summed E-state index contributed by atoms with van der Waals surface area (Å²) in [7, 11) is -3.01. The van der Waals surface area contributed by atoms with E-state index in [1.165, 1.54) is 45.2 Å². The van der Waals surface area contributed by atoms with Crippen molar-refractivity contribution in [2.45, 2.75) is 108 Å². The zero-order chi connectivity index (χ0) is 56.0. The van der Waals surface area contributed by atoms with E-state index in [9.17, 15) is 63.0 Å². The van der Waals surface area contributed by atoms with Crippen LogP contribution in [0.1, 0.15) is 87.4 Å².